The molecule has 2 saturated heterocycles. The maximum absolute atomic E-state index is 12.5. The Balaban J connectivity index is 1.83. The summed E-state index contributed by atoms with van der Waals surface area (Å²) in [4.78, 5) is 28.0. The third-order valence-electron chi connectivity index (χ3n) is 4.74. The van der Waals surface area contributed by atoms with Crippen LogP contribution in [0, 0.1) is 5.92 Å². The van der Waals surface area contributed by atoms with E-state index in [1.807, 2.05) is 11.9 Å². The molecule has 1 atom stereocenters. The molecule has 5 nitrogen and oxygen atoms in total. The third-order valence-corrected chi connectivity index (χ3v) is 4.74. The van der Waals surface area contributed by atoms with Gasteiger partial charge in [0.15, 0.2) is 0 Å². The molecule has 0 aromatic heterocycles. The van der Waals surface area contributed by atoms with E-state index in [1.165, 1.54) is 0 Å². The number of rotatable bonds is 3. The highest BCUT2D eigenvalue weighted by Gasteiger charge is 2.31. The lowest BCUT2D eigenvalue weighted by atomic mass is 9.95. The Labute approximate surface area is 121 Å². The van der Waals surface area contributed by atoms with Crippen LogP contribution in [-0.4, -0.2) is 60.4 Å². The average molecular weight is 281 g/mol. The van der Waals surface area contributed by atoms with Gasteiger partial charge in [0.05, 0.1) is 5.92 Å². The molecule has 0 aliphatic carbocycles. The smallest absolute Gasteiger partial charge is 0.227 e. The van der Waals surface area contributed by atoms with Gasteiger partial charge < -0.3 is 15.1 Å². The van der Waals surface area contributed by atoms with E-state index in [2.05, 4.69) is 24.1 Å². The summed E-state index contributed by atoms with van der Waals surface area (Å²) in [6.45, 7) is 7.09. The van der Waals surface area contributed by atoms with Crippen LogP contribution >= 0.6 is 0 Å². The van der Waals surface area contributed by atoms with Gasteiger partial charge in [-0.3, -0.25) is 9.59 Å². The number of nitrogens with zero attached hydrogens (tertiary/aromatic N) is 2. The molecule has 2 aliphatic heterocycles. The molecule has 2 amide bonds. The first-order chi connectivity index (χ1) is 9.49. The van der Waals surface area contributed by atoms with Crippen LogP contribution < -0.4 is 5.32 Å². The van der Waals surface area contributed by atoms with Gasteiger partial charge in [0, 0.05) is 45.2 Å². The molecular formula is C15H27N3O2. The van der Waals surface area contributed by atoms with Gasteiger partial charge >= 0.3 is 0 Å². The fourth-order valence-corrected chi connectivity index (χ4v) is 3.20. The van der Waals surface area contributed by atoms with E-state index in [0.717, 1.165) is 25.9 Å². The summed E-state index contributed by atoms with van der Waals surface area (Å²) < 4.78 is 0. The Bertz CT molecular complexity index is 352. The normalized spacial score (nSPS) is 25.6. The monoisotopic (exact) mass is 281 g/mol. The first-order valence-electron chi connectivity index (χ1n) is 7.76. The molecule has 0 aromatic carbocycles. The van der Waals surface area contributed by atoms with Gasteiger partial charge in [0.25, 0.3) is 0 Å². The first kappa shape index (κ1) is 15.3. The highest BCUT2D eigenvalue weighted by atomic mass is 16.2. The van der Waals surface area contributed by atoms with Crippen molar-refractivity contribution in [2.75, 3.05) is 26.7 Å². The van der Waals surface area contributed by atoms with Crippen molar-refractivity contribution < 1.29 is 9.59 Å². The molecular weight excluding hydrogens is 254 g/mol. The lowest BCUT2D eigenvalue weighted by Crippen LogP contribution is -2.51. The maximum Gasteiger partial charge on any atom is 0.227 e. The predicted octanol–water partition coefficient (Wildman–Crippen LogP) is 0.844. The van der Waals surface area contributed by atoms with Crippen LogP contribution in [0.1, 0.15) is 39.5 Å². The molecule has 114 valence electrons. The van der Waals surface area contributed by atoms with Crippen molar-refractivity contribution in [3.05, 3.63) is 0 Å². The van der Waals surface area contributed by atoms with Gasteiger partial charge in [0.1, 0.15) is 0 Å². The van der Waals surface area contributed by atoms with E-state index in [1.54, 1.807) is 0 Å². The SMILES string of the molecule is CC(C)N1CCC(N(C)C(=O)C2CCC(=O)NC2)CC1. The van der Waals surface area contributed by atoms with Gasteiger partial charge in [-0.05, 0) is 33.1 Å². The number of piperidine rings is 2. The van der Waals surface area contributed by atoms with Crippen LogP contribution in [-0.2, 0) is 9.59 Å². The average Bonchev–Trinajstić information content (AvgIpc) is 2.46. The molecule has 2 heterocycles. The van der Waals surface area contributed by atoms with Crippen LogP contribution in [0.4, 0.5) is 0 Å². The number of likely N-dealkylation sites (tertiary alicyclic amines) is 1. The zero-order valence-corrected chi connectivity index (χ0v) is 12.9. The van der Waals surface area contributed by atoms with Gasteiger partial charge in [-0.15, -0.1) is 0 Å². The Morgan fingerprint density at radius 3 is 2.45 bits per heavy atom. The minimum atomic E-state index is -0.0270. The van der Waals surface area contributed by atoms with E-state index >= 15 is 0 Å². The summed E-state index contributed by atoms with van der Waals surface area (Å²) >= 11 is 0. The number of carbonyl (C=O) groups excluding carboxylic acids is 2. The lowest BCUT2D eigenvalue weighted by molar-refractivity contribution is -0.139. The second kappa shape index (κ2) is 6.57. The molecule has 2 aliphatic rings. The molecule has 1 N–H and O–H groups in total. The predicted molar refractivity (Wildman–Crippen MR) is 78.2 cm³/mol. The molecule has 20 heavy (non-hydrogen) atoms. The number of amides is 2. The molecule has 2 fully saturated rings. The summed E-state index contributed by atoms with van der Waals surface area (Å²) in [7, 11) is 1.93. The Hall–Kier alpha value is -1.10. The fraction of sp³-hybridized carbons (Fsp3) is 0.867. The van der Waals surface area contributed by atoms with E-state index in [0.29, 0.717) is 31.5 Å². The van der Waals surface area contributed by atoms with Gasteiger partial charge in [-0.25, -0.2) is 0 Å². The number of hydrogen-bond donors (Lipinski definition) is 1. The first-order valence-corrected chi connectivity index (χ1v) is 7.76. The van der Waals surface area contributed by atoms with E-state index in [9.17, 15) is 9.59 Å². The van der Waals surface area contributed by atoms with Crippen LogP contribution in [0.25, 0.3) is 0 Å². The van der Waals surface area contributed by atoms with Crippen molar-refractivity contribution in [3.63, 3.8) is 0 Å². The van der Waals surface area contributed by atoms with Crippen LogP contribution in [0.2, 0.25) is 0 Å². The van der Waals surface area contributed by atoms with Crippen molar-refractivity contribution in [3.8, 4) is 0 Å². The van der Waals surface area contributed by atoms with Crippen LogP contribution in [0.5, 0.6) is 0 Å². The van der Waals surface area contributed by atoms with E-state index < -0.39 is 0 Å². The molecule has 0 radical (unpaired) electrons. The highest BCUT2D eigenvalue weighted by molar-refractivity contribution is 5.83. The molecule has 1 unspecified atom stereocenters. The molecule has 5 heteroatoms. The second-order valence-electron chi connectivity index (χ2n) is 6.35. The van der Waals surface area contributed by atoms with Crippen molar-refractivity contribution >= 4 is 11.8 Å². The Morgan fingerprint density at radius 2 is 1.95 bits per heavy atom. The Morgan fingerprint density at radius 1 is 1.30 bits per heavy atom. The lowest BCUT2D eigenvalue weighted by Gasteiger charge is -2.39. The summed E-state index contributed by atoms with van der Waals surface area (Å²) in [5.41, 5.74) is 0. The molecule has 0 saturated carbocycles. The fourth-order valence-electron chi connectivity index (χ4n) is 3.20. The summed E-state index contributed by atoms with van der Waals surface area (Å²) in [5.74, 6) is 0.246. The number of nitrogens with one attached hydrogen (secondary N) is 1. The van der Waals surface area contributed by atoms with Crippen molar-refractivity contribution in [1.82, 2.24) is 15.1 Å². The van der Waals surface area contributed by atoms with Gasteiger partial charge in [0.2, 0.25) is 11.8 Å². The number of hydrogen-bond acceptors (Lipinski definition) is 3. The second-order valence-corrected chi connectivity index (χ2v) is 6.35. The molecule has 2 rings (SSSR count). The zero-order chi connectivity index (χ0) is 14.7. The molecule has 0 bridgehead atoms. The van der Waals surface area contributed by atoms with E-state index in [-0.39, 0.29) is 17.7 Å². The Kier molecular flexibility index (Phi) is 5.02. The van der Waals surface area contributed by atoms with Crippen LogP contribution in [0.15, 0.2) is 0 Å². The summed E-state index contributed by atoms with van der Waals surface area (Å²) in [5, 5.41) is 2.80. The quantitative estimate of drug-likeness (QED) is 0.834. The zero-order valence-electron chi connectivity index (χ0n) is 12.9. The standard InChI is InChI=1S/C15H27N3O2/c1-11(2)18-8-6-13(7-9-18)17(3)15(20)12-4-5-14(19)16-10-12/h11-13H,4-10H2,1-3H3,(H,16,19). The van der Waals surface area contributed by atoms with E-state index in [4.69, 9.17) is 0 Å². The third kappa shape index (κ3) is 3.51. The minimum absolute atomic E-state index is 0.0270. The van der Waals surface area contributed by atoms with Crippen molar-refractivity contribution in [2.24, 2.45) is 5.92 Å². The molecule has 0 spiro atoms. The van der Waals surface area contributed by atoms with Crippen molar-refractivity contribution in [1.29, 1.82) is 0 Å². The van der Waals surface area contributed by atoms with Gasteiger partial charge in [-0.1, -0.05) is 0 Å². The van der Waals surface area contributed by atoms with Crippen LogP contribution in [0.3, 0.4) is 0 Å². The molecule has 0 aromatic rings. The maximum atomic E-state index is 12.5. The summed E-state index contributed by atoms with van der Waals surface area (Å²) in [6.07, 6.45) is 3.29. The van der Waals surface area contributed by atoms with Gasteiger partial charge in [-0.2, -0.15) is 0 Å². The topological polar surface area (TPSA) is 52.7 Å². The summed E-state index contributed by atoms with van der Waals surface area (Å²) in [6, 6.07) is 0.945. The highest BCUT2D eigenvalue weighted by Crippen LogP contribution is 2.21. The number of carbonyl (C=O) groups is 2. The largest absolute Gasteiger partial charge is 0.355 e. The van der Waals surface area contributed by atoms with Crippen molar-refractivity contribution in [2.45, 2.75) is 51.6 Å². The minimum Gasteiger partial charge on any atom is -0.355 e.